The molecule has 2 rings (SSSR count). The summed E-state index contributed by atoms with van der Waals surface area (Å²) in [6.07, 6.45) is 0. The quantitative estimate of drug-likeness (QED) is 0.559. The first-order valence-corrected chi connectivity index (χ1v) is 3.50. The fourth-order valence-corrected chi connectivity index (χ4v) is 1.34. The lowest BCUT2D eigenvalue weighted by molar-refractivity contribution is -0.151. The summed E-state index contributed by atoms with van der Waals surface area (Å²) in [5.74, 6) is -2.39. The molecule has 0 spiro atoms. The number of rotatable bonds is 1. The summed E-state index contributed by atoms with van der Waals surface area (Å²) >= 11 is 0. The second-order valence-corrected chi connectivity index (χ2v) is 3.07. The summed E-state index contributed by atoms with van der Waals surface area (Å²) in [5, 5.41) is 3.05. The Hall–Kier alpha value is -0.220. The van der Waals surface area contributed by atoms with Gasteiger partial charge in [0.05, 0.1) is 13.1 Å². The van der Waals surface area contributed by atoms with Gasteiger partial charge >= 0.3 is 0 Å². The van der Waals surface area contributed by atoms with E-state index in [2.05, 4.69) is 5.32 Å². The number of likely N-dealkylation sites (tertiary alicyclic amines) is 1. The Morgan fingerprint density at radius 3 is 2.20 bits per heavy atom. The highest BCUT2D eigenvalue weighted by Crippen LogP contribution is 2.29. The van der Waals surface area contributed by atoms with Crippen LogP contribution in [0.1, 0.15) is 0 Å². The van der Waals surface area contributed by atoms with Gasteiger partial charge in [-0.05, 0) is 0 Å². The van der Waals surface area contributed by atoms with Crippen molar-refractivity contribution in [3.63, 3.8) is 0 Å². The summed E-state index contributed by atoms with van der Waals surface area (Å²) in [4.78, 5) is 1.83. The van der Waals surface area contributed by atoms with Crippen LogP contribution in [0.2, 0.25) is 0 Å². The molecule has 58 valence electrons. The van der Waals surface area contributed by atoms with Crippen LogP contribution in [-0.4, -0.2) is 43.0 Å². The monoisotopic (exact) mass is 148 g/mol. The summed E-state index contributed by atoms with van der Waals surface area (Å²) in [6.45, 7) is 1.71. The molecule has 2 aliphatic rings. The highest BCUT2D eigenvalue weighted by Gasteiger charge is 2.47. The van der Waals surface area contributed by atoms with E-state index in [9.17, 15) is 8.78 Å². The van der Waals surface area contributed by atoms with Crippen LogP contribution in [0.15, 0.2) is 0 Å². The van der Waals surface area contributed by atoms with E-state index in [4.69, 9.17) is 0 Å². The maximum Gasteiger partial charge on any atom is 0.272 e. The number of nitrogens with one attached hydrogen (secondary N) is 1. The highest BCUT2D eigenvalue weighted by molar-refractivity contribution is 4.96. The van der Waals surface area contributed by atoms with Gasteiger partial charge in [-0.3, -0.25) is 4.90 Å². The third-order valence-electron chi connectivity index (χ3n) is 2.15. The molecule has 2 fully saturated rings. The first kappa shape index (κ1) is 6.49. The van der Waals surface area contributed by atoms with Gasteiger partial charge in [0.15, 0.2) is 0 Å². The van der Waals surface area contributed by atoms with Crippen LogP contribution < -0.4 is 5.32 Å². The molecular weight excluding hydrogens is 138 g/mol. The molecule has 0 radical (unpaired) electrons. The largest absolute Gasteiger partial charge is 0.314 e. The molecule has 2 saturated heterocycles. The minimum absolute atomic E-state index is 0.0284. The average molecular weight is 148 g/mol. The van der Waals surface area contributed by atoms with Crippen molar-refractivity contribution in [3.8, 4) is 0 Å². The van der Waals surface area contributed by atoms with Crippen LogP contribution in [0.25, 0.3) is 0 Å². The van der Waals surface area contributed by atoms with Crippen molar-refractivity contribution in [2.45, 2.75) is 12.0 Å². The molecule has 0 aromatic carbocycles. The fourth-order valence-electron chi connectivity index (χ4n) is 1.34. The van der Waals surface area contributed by atoms with E-state index >= 15 is 0 Å². The van der Waals surface area contributed by atoms with Gasteiger partial charge in [0.2, 0.25) is 0 Å². The second kappa shape index (κ2) is 1.89. The van der Waals surface area contributed by atoms with Crippen molar-refractivity contribution < 1.29 is 8.78 Å². The van der Waals surface area contributed by atoms with Gasteiger partial charge in [-0.15, -0.1) is 0 Å². The van der Waals surface area contributed by atoms with Gasteiger partial charge < -0.3 is 5.32 Å². The third-order valence-corrected chi connectivity index (χ3v) is 2.15. The van der Waals surface area contributed by atoms with Crippen LogP contribution in [0, 0.1) is 0 Å². The molecule has 0 aromatic heterocycles. The Balaban J connectivity index is 1.79. The highest BCUT2D eigenvalue weighted by atomic mass is 19.3. The van der Waals surface area contributed by atoms with Crippen molar-refractivity contribution in [1.82, 2.24) is 10.2 Å². The van der Waals surface area contributed by atoms with E-state index < -0.39 is 5.92 Å². The lowest BCUT2D eigenvalue weighted by Crippen LogP contribution is -2.68. The Bertz CT molecular complexity index is 137. The molecule has 2 nitrogen and oxygen atoms in total. The smallest absolute Gasteiger partial charge is 0.272 e. The van der Waals surface area contributed by atoms with Crippen molar-refractivity contribution in [3.05, 3.63) is 0 Å². The topological polar surface area (TPSA) is 15.3 Å². The van der Waals surface area contributed by atoms with Gasteiger partial charge in [-0.1, -0.05) is 0 Å². The van der Waals surface area contributed by atoms with Crippen LogP contribution in [-0.2, 0) is 0 Å². The molecule has 0 aromatic rings. The molecule has 1 N–H and O–H groups in total. The minimum atomic E-state index is -2.39. The van der Waals surface area contributed by atoms with Crippen LogP contribution in [0.5, 0.6) is 0 Å². The number of nitrogens with zero attached hydrogens (tertiary/aromatic N) is 1. The maximum absolute atomic E-state index is 12.2. The summed E-state index contributed by atoms with van der Waals surface area (Å²) in [6, 6.07) is 0.389. The predicted molar refractivity (Wildman–Crippen MR) is 33.2 cm³/mol. The van der Waals surface area contributed by atoms with Crippen molar-refractivity contribution >= 4 is 0 Å². The van der Waals surface area contributed by atoms with Crippen molar-refractivity contribution in [1.29, 1.82) is 0 Å². The van der Waals surface area contributed by atoms with Gasteiger partial charge in [0.1, 0.15) is 0 Å². The molecule has 10 heavy (non-hydrogen) atoms. The fraction of sp³-hybridized carbons (Fsp3) is 1.00. The van der Waals surface area contributed by atoms with Gasteiger partial charge in [-0.2, -0.15) is 0 Å². The van der Waals surface area contributed by atoms with Gasteiger partial charge in [0.25, 0.3) is 5.92 Å². The van der Waals surface area contributed by atoms with Gasteiger partial charge in [0, 0.05) is 19.1 Å². The van der Waals surface area contributed by atoms with E-state index in [1.807, 2.05) is 4.90 Å². The Labute approximate surface area is 58.2 Å². The number of alkyl halides is 2. The molecule has 0 aliphatic carbocycles. The summed E-state index contributed by atoms with van der Waals surface area (Å²) < 4.78 is 24.5. The zero-order valence-corrected chi connectivity index (χ0v) is 5.61. The molecule has 4 heteroatoms. The molecule has 0 bridgehead atoms. The summed E-state index contributed by atoms with van der Waals surface area (Å²) in [5.41, 5.74) is 0. The second-order valence-electron chi connectivity index (χ2n) is 3.07. The maximum atomic E-state index is 12.2. The van der Waals surface area contributed by atoms with E-state index in [1.165, 1.54) is 0 Å². The lowest BCUT2D eigenvalue weighted by atomic mass is 10.0. The van der Waals surface area contributed by atoms with E-state index in [-0.39, 0.29) is 13.1 Å². The van der Waals surface area contributed by atoms with E-state index in [0.29, 0.717) is 6.04 Å². The van der Waals surface area contributed by atoms with E-state index in [0.717, 1.165) is 13.1 Å². The SMILES string of the molecule is FC1(F)CN(C2CNC2)C1. The summed E-state index contributed by atoms with van der Waals surface area (Å²) in [7, 11) is 0. The normalized spacial score (nSPS) is 33.0. The zero-order valence-electron chi connectivity index (χ0n) is 5.61. The third kappa shape index (κ3) is 0.914. The first-order valence-electron chi connectivity index (χ1n) is 3.50. The molecule has 2 aliphatic heterocycles. The molecule has 0 amide bonds. The zero-order chi connectivity index (χ0) is 7.19. The molecule has 0 saturated carbocycles. The van der Waals surface area contributed by atoms with E-state index in [1.54, 1.807) is 0 Å². The number of halogens is 2. The van der Waals surface area contributed by atoms with Gasteiger partial charge in [-0.25, -0.2) is 8.78 Å². The van der Waals surface area contributed by atoms with Crippen molar-refractivity contribution in [2.24, 2.45) is 0 Å². The average Bonchev–Trinajstić information content (AvgIpc) is 1.54. The molecule has 2 heterocycles. The molecule has 0 unspecified atom stereocenters. The van der Waals surface area contributed by atoms with Crippen LogP contribution >= 0.6 is 0 Å². The Kier molecular flexibility index (Phi) is 1.22. The first-order chi connectivity index (χ1) is 4.67. The Morgan fingerprint density at radius 2 is 1.90 bits per heavy atom. The predicted octanol–water partition coefficient (Wildman–Crippen LogP) is -0.0909. The molecule has 0 atom stereocenters. The Morgan fingerprint density at radius 1 is 1.30 bits per heavy atom. The lowest BCUT2D eigenvalue weighted by Gasteiger charge is -2.47. The minimum Gasteiger partial charge on any atom is -0.314 e. The standard InChI is InChI=1S/C6H10F2N2/c7-6(8)3-10(4-6)5-1-9-2-5/h5,9H,1-4H2. The number of hydrogen-bond acceptors (Lipinski definition) is 2. The van der Waals surface area contributed by atoms with Crippen molar-refractivity contribution in [2.75, 3.05) is 26.2 Å². The van der Waals surface area contributed by atoms with Crippen LogP contribution in [0.3, 0.4) is 0 Å². The van der Waals surface area contributed by atoms with Crippen LogP contribution in [0.4, 0.5) is 8.78 Å². The number of hydrogen-bond donors (Lipinski definition) is 1. The molecular formula is C6H10F2N2.